The average molecular weight is 286 g/mol. The Labute approximate surface area is 122 Å². The molecule has 0 aliphatic rings. The molecule has 0 amide bonds. The van der Waals surface area contributed by atoms with Crippen molar-refractivity contribution in [1.82, 2.24) is 0 Å². The minimum Gasteiger partial charge on any atom is -0.496 e. The molecular weight excluding hydrogens is 271 g/mol. The highest BCUT2D eigenvalue weighted by atomic mass is 19.1. The van der Waals surface area contributed by atoms with Crippen molar-refractivity contribution in [3.8, 4) is 23.3 Å². The Balaban J connectivity index is 2.15. The lowest BCUT2D eigenvalue weighted by atomic mass is 10.2. The Morgan fingerprint density at radius 2 is 1.95 bits per heavy atom. The van der Waals surface area contributed by atoms with Gasteiger partial charge in [-0.2, -0.15) is 0 Å². The van der Waals surface area contributed by atoms with Gasteiger partial charge in [0, 0.05) is 11.1 Å². The molecule has 0 aliphatic carbocycles. The topological polar surface area (TPSA) is 38.7 Å². The maximum atomic E-state index is 13.7. The molecule has 0 fully saturated rings. The van der Waals surface area contributed by atoms with Crippen LogP contribution in [0.5, 0.6) is 11.5 Å². The number of benzene rings is 2. The van der Waals surface area contributed by atoms with Crippen molar-refractivity contribution >= 4 is 0 Å². The molecule has 0 aliphatic heterocycles. The fourth-order valence-electron chi connectivity index (χ4n) is 1.81. The number of hydrogen-bond donors (Lipinski definition) is 1. The van der Waals surface area contributed by atoms with Crippen LogP contribution in [0.15, 0.2) is 42.5 Å². The number of rotatable bonds is 4. The van der Waals surface area contributed by atoms with Crippen molar-refractivity contribution < 1.29 is 19.0 Å². The molecule has 2 aromatic carbocycles. The van der Waals surface area contributed by atoms with Gasteiger partial charge in [0.05, 0.1) is 7.11 Å². The van der Waals surface area contributed by atoms with Gasteiger partial charge in [-0.15, -0.1) is 0 Å². The monoisotopic (exact) mass is 286 g/mol. The van der Waals surface area contributed by atoms with Crippen molar-refractivity contribution in [3.63, 3.8) is 0 Å². The van der Waals surface area contributed by atoms with E-state index in [4.69, 9.17) is 14.6 Å². The van der Waals surface area contributed by atoms with E-state index in [1.54, 1.807) is 7.11 Å². The molecule has 0 unspecified atom stereocenters. The van der Waals surface area contributed by atoms with Crippen LogP contribution in [-0.2, 0) is 6.61 Å². The van der Waals surface area contributed by atoms with Crippen LogP contribution >= 0.6 is 0 Å². The second-order valence-electron chi connectivity index (χ2n) is 4.21. The van der Waals surface area contributed by atoms with E-state index in [-0.39, 0.29) is 19.0 Å². The molecule has 2 aromatic rings. The molecule has 0 saturated carbocycles. The zero-order valence-electron chi connectivity index (χ0n) is 11.6. The first-order valence-electron chi connectivity index (χ1n) is 6.38. The molecule has 0 atom stereocenters. The van der Waals surface area contributed by atoms with Gasteiger partial charge >= 0.3 is 0 Å². The van der Waals surface area contributed by atoms with Crippen LogP contribution < -0.4 is 9.47 Å². The van der Waals surface area contributed by atoms with Crippen molar-refractivity contribution in [2.45, 2.75) is 6.61 Å². The van der Waals surface area contributed by atoms with Gasteiger partial charge in [-0.1, -0.05) is 30.0 Å². The quantitative estimate of drug-likeness (QED) is 0.878. The number of aliphatic hydroxyl groups is 1. The van der Waals surface area contributed by atoms with Crippen LogP contribution in [0, 0.1) is 17.7 Å². The first kappa shape index (κ1) is 14.9. The maximum Gasteiger partial charge on any atom is 0.165 e. The number of hydrogen-bond acceptors (Lipinski definition) is 3. The van der Waals surface area contributed by atoms with Gasteiger partial charge in [-0.05, 0) is 24.3 Å². The molecule has 0 aromatic heterocycles. The van der Waals surface area contributed by atoms with Crippen molar-refractivity contribution in [2.24, 2.45) is 0 Å². The molecule has 21 heavy (non-hydrogen) atoms. The van der Waals surface area contributed by atoms with E-state index in [1.165, 1.54) is 18.2 Å². The highest BCUT2D eigenvalue weighted by molar-refractivity contribution is 5.41. The number of para-hydroxylation sites is 1. The van der Waals surface area contributed by atoms with E-state index >= 15 is 0 Å². The molecule has 0 heterocycles. The zero-order valence-corrected chi connectivity index (χ0v) is 11.6. The zero-order chi connectivity index (χ0) is 15.1. The second-order valence-corrected chi connectivity index (χ2v) is 4.21. The third-order valence-corrected chi connectivity index (χ3v) is 2.82. The summed E-state index contributed by atoms with van der Waals surface area (Å²) in [5, 5.41) is 8.67. The fraction of sp³-hybridized carbons (Fsp3) is 0.176. The SMILES string of the molecule is COc1ccccc1COc1cc(C#CCO)ccc1F. The van der Waals surface area contributed by atoms with Gasteiger partial charge < -0.3 is 14.6 Å². The van der Waals surface area contributed by atoms with Gasteiger partial charge in [0.1, 0.15) is 19.0 Å². The summed E-state index contributed by atoms with van der Waals surface area (Å²) >= 11 is 0. The predicted molar refractivity (Wildman–Crippen MR) is 77.7 cm³/mol. The first-order chi connectivity index (χ1) is 10.2. The fourth-order valence-corrected chi connectivity index (χ4v) is 1.81. The Bertz CT molecular complexity index is 671. The first-order valence-corrected chi connectivity index (χ1v) is 6.38. The average Bonchev–Trinajstić information content (AvgIpc) is 2.53. The van der Waals surface area contributed by atoms with Gasteiger partial charge in [0.2, 0.25) is 0 Å². The number of halogens is 1. The van der Waals surface area contributed by atoms with Gasteiger partial charge in [-0.3, -0.25) is 0 Å². The standard InChI is InChI=1S/C17H15FO3/c1-20-16-7-3-2-6-14(16)12-21-17-11-13(5-4-10-19)8-9-15(17)18/h2-3,6-9,11,19H,10,12H2,1H3. The van der Waals surface area contributed by atoms with Gasteiger partial charge in [-0.25, -0.2) is 4.39 Å². The molecule has 0 saturated heterocycles. The van der Waals surface area contributed by atoms with E-state index in [1.807, 2.05) is 24.3 Å². The maximum absolute atomic E-state index is 13.7. The highest BCUT2D eigenvalue weighted by Crippen LogP contribution is 2.23. The van der Waals surface area contributed by atoms with Crippen LogP contribution in [0.1, 0.15) is 11.1 Å². The summed E-state index contributed by atoms with van der Waals surface area (Å²) in [5.41, 5.74) is 1.41. The van der Waals surface area contributed by atoms with Crippen LogP contribution in [0.2, 0.25) is 0 Å². The summed E-state index contributed by atoms with van der Waals surface area (Å²) in [7, 11) is 1.57. The highest BCUT2D eigenvalue weighted by Gasteiger charge is 2.07. The van der Waals surface area contributed by atoms with Gasteiger partial charge in [0.15, 0.2) is 11.6 Å². The number of ether oxygens (including phenoxy) is 2. The van der Waals surface area contributed by atoms with E-state index in [2.05, 4.69) is 11.8 Å². The van der Waals surface area contributed by atoms with Crippen LogP contribution in [0.25, 0.3) is 0 Å². The Kier molecular flexibility index (Phi) is 5.19. The minimum atomic E-state index is -0.459. The minimum absolute atomic E-state index is 0.116. The smallest absolute Gasteiger partial charge is 0.165 e. The summed E-state index contributed by atoms with van der Waals surface area (Å²) < 4.78 is 24.4. The molecule has 3 nitrogen and oxygen atoms in total. The lowest BCUT2D eigenvalue weighted by molar-refractivity contribution is 0.282. The Hall–Kier alpha value is -2.51. The van der Waals surface area contributed by atoms with E-state index in [9.17, 15) is 4.39 Å². The molecule has 0 bridgehead atoms. The molecule has 2 rings (SSSR count). The second kappa shape index (κ2) is 7.32. The van der Waals surface area contributed by atoms with Crippen molar-refractivity contribution in [1.29, 1.82) is 0 Å². The van der Waals surface area contributed by atoms with Crippen molar-refractivity contribution in [2.75, 3.05) is 13.7 Å². The number of methoxy groups -OCH3 is 1. The van der Waals surface area contributed by atoms with Crippen LogP contribution in [0.4, 0.5) is 4.39 Å². The summed E-state index contributed by atoms with van der Waals surface area (Å²) in [5.74, 6) is 5.57. The lowest BCUT2D eigenvalue weighted by Gasteiger charge is -2.10. The Morgan fingerprint density at radius 3 is 2.71 bits per heavy atom. The van der Waals surface area contributed by atoms with Crippen LogP contribution in [0.3, 0.4) is 0 Å². The van der Waals surface area contributed by atoms with Crippen molar-refractivity contribution in [3.05, 3.63) is 59.4 Å². The third kappa shape index (κ3) is 3.98. The third-order valence-electron chi connectivity index (χ3n) is 2.82. The molecule has 1 N–H and O–H groups in total. The largest absolute Gasteiger partial charge is 0.496 e. The normalized spacial score (nSPS) is 9.67. The van der Waals surface area contributed by atoms with Gasteiger partial charge in [0.25, 0.3) is 0 Å². The molecule has 0 spiro atoms. The summed E-state index contributed by atoms with van der Waals surface area (Å²) in [6, 6.07) is 11.7. The summed E-state index contributed by atoms with van der Waals surface area (Å²) in [6.45, 7) is -0.0490. The molecule has 4 heteroatoms. The predicted octanol–water partition coefficient (Wildman–Crippen LogP) is 2.76. The van der Waals surface area contributed by atoms with Crippen LogP contribution in [-0.4, -0.2) is 18.8 Å². The van der Waals surface area contributed by atoms with E-state index < -0.39 is 5.82 Å². The summed E-state index contributed by atoms with van der Waals surface area (Å²) in [4.78, 5) is 0. The lowest BCUT2D eigenvalue weighted by Crippen LogP contribution is -2.00. The summed E-state index contributed by atoms with van der Waals surface area (Å²) in [6.07, 6.45) is 0. The van der Waals surface area contributed by atoms with E-state index in [0.29, 0.717) is 11.3 Å². The molecular formula is C17H15FO3. The van der Waals surface area contributed by atoms with E-state index in [0.717, 1.165) is 5.56 Å². The Morgan fingerprint density at radius 1 is 1.14 bits per heavy atom. The number of aliphatic hydroxyl groups excluding tert-OH is 1. The molecule has 108 valence electrons. The molecule has 0 radical (unpaired) electrons.